The summed E-state index contributed by atoms with van der Waals surface area (Å²) in [6, 6.07) is 45.0. The number of likely N-dealkylation sites (tertiary alicyclic amines) is 1. The molecular formula is C58H61N6O14PS3Si. The predicted molar refractivity (Wildman–Crippen MR) is 329 cm³/mol. The first kappa shape index (κ1) is 62.9. The number of rotatable bonds is 24. The number of amides is 3. The van der Waals surface area contributed by atoms with Gasteiger partial charge in [0.05, 0.1) is 20.7 Å². The number of benzene rings is 6. The molecule has 1 aliphatic heterocycles. The van der Waals surface area contributed by atoms with Gasteiger partial charge in [0, 0.05) is 74.1 Å². The van der Waals surface area contributed by atoms with Gasteiger partial charge in [-0.2, -0.15) is 0 Å². The summed E-state index contributed by atoms with van der Waals surface area (Å²) in [6.45, 7) is 5.88. The average Bonchev–Trinajstić information content (AvgIpc) is 1.66. The second-order valence-corrected chi connectivity index (χ2v) is 29.7. The van der Waals surface area contributed by atoms with Crippen molar-refractivity contribution in [3.8, 4) is 0 Å². The molecule has 0 unspecified atom stereocenters. The predicted octanol–water partition coefficient (Wildman–Crippen LogP) is 10.00. The first-order valence-corrected chi connectivity index (χ1v) is 32.8. The van der Waals surface area contributed by atoms with Crippen LogP contribution in [-0.2, 0) is 48.0 Å². The Kier molecular flexibility index (Phi) is 22.0. The lowest BCUT2D eigenvalue weighted by molar-refractivity contribution is -0.385. The van der Waals surface area contributed by atoms with Crippen molar-refractivity contribution in [3.05, 3.63) is 211 Å². The number of hydrogen-bond acceptors (Lipinski definition) is 17. The fourth-order valence-electron chi connectivity index (χ4n) is 9.13. The van der Waals surface area contributed by atoms with Crippen LogP contribution < -0.4 is 26.5 Å². The maximum atomic E-state index is 15.9. The molecule has 3 amide bonds. The van der Waals surface area contributed by atoms with Crippen LogP contribution in [-0.4, -0.2) is 92.0 Å². The van der Waals surface area contributed by atoms with Gasteiger partial charge in [-0.1, -0.05) is 136 Å². The number of nitrogens with one attached hydrogen (secondary N) is 2. The number of nitro benzene ring substituents is 3. The molecule has 25 heteroatoms. The zero-order chi connectivity index (χ0) is 59.8. The minimum Gasteiger partial charge on any atom is -0.456 e. The maximum Gasteiger partial charge on any atom is 0.407 e. The van der Waals surface area contributed by atoms with Gasteiger partial charge in [0.15, 0.2) is 9.04 Å². The molecule has 0 spiro atoms. The zero-order valence-electron chi connectivity index (χ0n) is 45.9. The summed E-state index contributed by atoms with van der Waals surface area (Å²) in [7, 11) is -1.67. The molecule has 2 N–H and O–H groups in total. The highest BCUT2D eigenvalue weighted by Gasteiger charge is 2.59. The second kappa shape index (κ2) is 29.0. The van der Waals surface area contributed by atoms with E-state index in [0.29, 0.717) is 16.7 Å². The highest BCUT2D eigenvalue weighted by Crippen LogP contribution is 2.54. The largest absolute Gasteiger partial charge is 0.456 e. The van der Waals surface area contributed by atoms with Gasteiger partial charge in [-0.15, -0.1) is 11.8 Å². The first-order chi connectivity index (χ1) is 39.7. The number of carbonyl (C=O) groups excluding carboxylic acids is 4. The molecule has 1 heterocycles. The normalized spacial score (nSPS) is 14.4. The Morgan fingerprint density at radius 1 is 0.627 bits per heavy atom. The third kappa shape index (κ3) is 16.3. The summed E-state index contributed by atoms with van der Waals surface area (Å²) in [6.07, 6.45) is -1.69. The minimum absolute atomic E-state index is 0.0628. The monoisotopic (exact) mass is 1220 g/mol. The van der Waals surface area contributed by atoms with E-state index in [1.165, 1.54) is 89.5 Å². The average molecular weight is 1220 g/mol. The van der Waals surface area contributed by atoms with Crippen molar-refractivity contribution in [2.75, 3.05) is 19.7 Å². The summed E-state index contributed by atoms with van der Waals surface area (Å²) in [5.74, 6) is -2.40. The fraction of sp³-hybridized carbons (Fsp3) is 0.276. The Morgan fingerprint density at radius 3 is 1.35 bits per heavy atom. The molecule has 1 saturated heterocycles. The van der Waals surface area contributed by atoms with Crippen LogP contribution in [0.3, 0.4) is 0 Å². The number of non-ortho nitro benzene ring substituents is 3. The summed E-state index contributed by atoms with van der Waals surface area (Å²) in [4.78, 5) is 92.3. The third-order valence-corrected chi connectivity index (χ3v) is 21.4. The molecule has 0 radical (unpaired) electrons. The molecular weight excluding hydrogens is 1160 g/mol. The van der Waals surface area contributed by atoms with Crippen molar-refractivity contribution in [2.24, 2.45) is 17.3 Å². The van der Waals surface area contributed by atoms with Crippen LogP contribution in [0.1, 0.15) is 37.5 Å². The van der Waals surface area contributed by atoms with E-state index < -0.39 is 76.7 Å². The number of thiocarbonyl (C=S) groups is 1. The van der Waals surface area contributed by atoms with Gasteiger partial charge < -0.3 is 29.3 Å². The Balaban J connectivity index is 1.30. The lowest BCUT2D eigenvalue weighted by Crippen LogP contribution is -2.68. The molecule has 0 aliphatic carbocycles. The van der Waals surface area contributed by atoms with Crippen LogP contribution >= 0.6 is 42.6 Å². The molecule has 6 aromatic rings. The third-order valence-electron chi connectivity index (χ3n) is 13.4. The van der Waals surface area contributed by atoms with E-state index in [0.717, 1.165) is 27.7 Å². The van der Waals surface area contributed by atoms with Crippen molar-refractivity contribution in [1.82, 2.24) is 15.5 Å². The van der Waals surface area contributed by atoms with E-state index >= 15 is 9.59 Å². The molecule has 6 aromatic carbocycles. The molecule has 3 atom stereocenters. The van der Waals surface area contributed by atoms with E-state index in [-0.39, 0.29) is 71.4 Å². The first-order valence-electron chi connectivity index (χ1n) is 26.1. The van der Waals surface area contributed by atoms with Crippen molar-refractivity contribution < 1.29 is 52.6 Å². The number of hydrogen-bond donors (Lipinski definition) is 2. The number of esters is 1. The standard InChI is InChI=1S/C58H61N6O14PS3Si/c1-58(2,3)49(38-78-83(4)5)50-51(65)61(52(54(66)75-35-39-21-27-42(28-22-39)62(69)70)79(45-15-9-6-10-16-45,46-17-11-7-12-18-46)47-19-13-8-14-20-47)53(50)82-57(80)81-48(33-59-55(67)76-36-40-23-29-43(30-24-40)63(71)72)34-60-56(68)77-37-41-25-31-44(32-26-41)64(73)74/h6-32,48-50,53,83H,33-38H2,1-5H3,(H,59,67)(H,60,68)/t49-,50+,53-/m1/s1. The van der Waals surface area contributed by atoms with Crippen LogP contribution in [0.25, 0.3) is 0 Å². The topological polar surface area (TPSA) is 262 Å². The SMILES string of the molecule is C[SiH](C)OC[C@H]([C@H]1C(=O)N(C(C(=O)OCc2ccc([N+](=O)[O-])cc2)=P(c2ccccc2)(c2ccccc2)c2ccccc2)[C@@H]1SC(=S)SC(CNC(=O)OCc1ccc([N+](=O)[O-])cc1)CNC(=O)OCc1ccc([N+](=O)[O-])cc1)C(C)(C)C. The molecule has 0 saturated carbocycles. The molecule has 20 nitrogen and oxygen atoms in total. The molecule has 1 fully saturated rings. The Labute approximate surface area is 495 Å². The van der Waals surface area contributed by atoms with E-state index in [1.807, 2.05) is 125 Å². The van der Waals surface area contributed by atoms with Crippen LogP contribution in [0.4, 0.5) is 26.7 Å². The summed E-state index contributed by atoms with van der Waals surface area (Å²) >= 11 is 8.55. The number of β-lactam (4-membered cyclic amide) rings is 1. The number of nitro groups is 3. The van der Waals surface area contributed by atoms with Crippen molar-refractivity contribution in [3.63, 3.8) is 0 Å². The number of alkyl carbamates (subject to hydrolysis) is 2. The summed E-state index contributed by atoms with van der Waals surface area (Å²) in [5.41, 5.74) is 0.543. The number of thioether (sulfide) groups is 2. The molecule has 83 heavy (non-hydrogen) atoms. The van der Waals surface area contributed by atoms with Gasteiger partial charge in [-0.05, 0) is 87.5 Å². The number of carbonyl (C=O) groups is 4. The second-order valence-electron chi connectivity index (χ2n) is 20.3. The molecule has 434 valence electrons. The van der Waals surface area contributed by atoms with Crippen molar-refractivity contribution in [2.45, 2.75) is 64.3 Å². The quantitative estimate of drug-likeness (QED) is 0.00834. The summed E-state index contributed by atoms with van der Waals surface area (Å²) < 4.78 is 23.9. The van der Waals surface area contributed by atoms with Gasteiger partial charge >= 0.3 is 18.2 Å². The van der Waals surface area contributed by atoms with E-state index in [2.05, 4.69) is 10.6 Å². The molecule has 7 rings (SSSR count). The fourth-order valence-corrected chi connectivity index (χ4v) is 17.4. The molecule has 0 aromatic heterocycles. The highest BCUT2D eigenvalue weighted by atomic mass is 32.2. The Hall–Kier alpha value is -7.73. The lowest BCUT2D eigenvalue weighted by atomic mass is 9.70. The van der Waals surface area contributed by atoms with Crippen LogP contribution in [0.15, 0.2) is 164 Å². The number of nitrogens with zero attached hydrogens (tertiary/aromatic N) is 4. The van der Waals surface area contributed by atoms with E-state index in [9.17, 15) is 39.9 Å². The smallest absolute Gasteiger partial charge is 0.407 e. The lowest BCUT2D eigenvalue weighted by Gasteiger charge is -2.54. The Bertz CT molecular complexity index is 3170. The van der Waals surface area contributed by atoms with Gasteiger partial charge in [0.2, 0.25) is 5.91 Å². The minimum atomic E-state index is -3.49. The van der Waals surface area contributed by atoms with Crippen molar-refractivity contribution >= 4 is 118 Å². The maximum absolute atomic E-state index is 15.9. The zero-order valence-corrected chi connectivity index (χ0v) is 50.4. The van der Waals surface area contributed by atoms with Gasteiger partial charge in [-0.25, -0.2) is 14.4 Å². The van der Waals surface area contributed by atoms with Gasteiger partial charge in [-0.3, -0.25) is 40.0 Å². The van der Waals surface area contributed by atoms with Gasteiger partial charge in [0.25, 0.3) is 17.1 Å². The highest BCUT2D eigenvalue weighted by molar-refractivity contribution is 8.47. The van der Waals surface area contributed by atoms with E-state index in [4.69, 9.17) is 30.9 Å². The molecule has 1 aliphatic rings. The number of ether oxygens (including phenoxy) is 3. The molecule has 0 bridgehead atoms. The van der Waals surface area contributed by atoms with Crippen molar-refractivity contribution in [1.29, 1.82) is 0 Å². The van der Waals surface area contributed by atoms with Crippen LogP contribution in [0, 0.1) is 47.6 Å². The van der Waals surface area contributed by atoms with Gasteiger partial charge in [0.1, 0.15) is 34.1 Å². The van der Waals surface area contributed by atoms with E-state index in [1.54, 1.807) is 0 Å². The Morgan fingerprint density at radius 2 is 1.00 bits per heavy atom. The van der Waals surface area contributed by atoms with Crippen LogP contribution in [0.5, 0.6) is 0 Å². The summed E-state index contributed by atoms with van der Waals surface area (Å²) in [5, 5.41) is 40.0. The van der Waals surface area contributed by atoms with Crippen LogP contribution in [0.2, 0.25) is 13.1 Å².